The van der Waals surface area contributed by atoms with Crippen LogP contribution in [0.15, 0.2) is 47.6 Å². The molecule has 7 nitrogen and oxygen atoms in total. The van der Waals surface area contributed by atoms with E-state index >= 15 is 0 Å². The molecule has 0 fully saturated rings. The largest absolute Gasteiger partial charge is 0.333 e. The zero-order valence-electron chi connectivity index (χ0n) is 13.0. The Morgan fingerprint density at radius 2 is 2.12 bits per heavy atom. The standard InChI is InChI=1S/C16H13ClN4O3S/c1-9(15(22)18-12-4-2-3-5-14(12)21(23)24)25-16-19-11-7-6-10(17)8-13(11)20-16/h2-9H,1H3,(H,18,22)(H,19,20)/t9-/m1/s1. The van der Waals surface area contributed by atoms with Crippen molar-refractivity contribution in [2.45, 2.75) is 17.3 Å². The van der Waals surface area contributed by atoms with Gasteiger partial charge in [-0.2, -0.15) is 0 Å². The molecule has 1 atom stereocenters. The van der Waals surface area contributed by atoms with E-state index in [2.05, 4.69) is 15.3 Å². The SMILES string of the molecule is C[C@@H](Sc1nc2ccc(Cl)cc2[nH]1)C(=O)Nc1ccccc1[N+](=O)[O-]. The van der Waals surface area contributed by atoms with Crippen molar-refractivity contribution >= 4 is 51.7 Å². The molecule has 2 N–H and O–H groups in total. The Hall–Kier alpha value is -2.58. The molecule has 128 valence electrons. The Kier molecular flexibility index (Phi) is 4.91. The molecule has 0 saturated carbocycles. The first-order valence-electron chi connectivity index (χ1n) is 7.30. The van der Waals surface area contributed by atoms with Gasteiger partial charge in [0, 0.05) is 11.1 Å². The zero-order valence-corrected chi connectivity index (χ0v) is 14.6. The number of nitrogens with zero attached hydrogens (tertiary/aromatic N) is 2. The smallest absolute Gasteiger partial charge is 0.292 e. The Morgan fingerprint density at radius 1 is 1.36 bits per heavy atom. The number of anilines is 1. The minimum Gasteiger partial charge on any atom is -0.333 e. The molecule has 0 radical (unpaired) electrons. The number of aromatic nitrogens is 2. The average molecular weight is 377 g/mol. The number of thioether (sulfide) groups is 1. The summed E-state index contributed by atoms with van der Waals surface area (Å²) in [5.74, 6) is -0.349. The third kappa shape index (κ3) is 3.92. The second-order valence-electron chi connectivity index (χ2n) is 5.23. The maximum absolute atomic E-state index is 12.3. The molecular weight excluding hydrogens is 364 g/mol. The van der Waals surface area contributed by atoms with Gasteiger partial charge in [0.15, 0.2) is 5.16 Å². The summed E-state index contributed by atoms with van der Waals surface area (Å²) in [6, 6.07) is 11.3. The van der Waals surface area contributed by atoms with Crippen molar-refractivity contribution in [1.82, 2.24) is 9.97 Å². The second-order valence-corrected chi connectivity index (χ2v) is 6.99. The van der Waals surface area contributed by atoms with Crippen LogP contribution in [0.2, 0.25) is 5.02 Å². The lowest BCUT2D eigenvalue weighted by Gasteiger charge is -2.10. The van der Waals surface area contributed by atoms with Crippen molar-refractivity contribution in [3.8, 4) is 0 Å². The molecule has 0 unspecified atom stereocenters. The average Bonchev–Trinajstić information content (AvgIpc) is 2.96. The van der Waals surface area contributed by atoms with E-state index in [1.807, 2.05) is 0 Å². The summed E-state index contributed by atoms with van der Waals surface area (Å²) < 4.78 is 0. The van der Waals surface area contributed by atoms with E-state index in [0.717, 1.165) is 11.0 Å². The topological polar surface area (TPSA) is 101 Å². The number of imidazole rings is 1. The second kappa shape index (κ2) is 7.12. The molecule has 1 amide bonds. The van der Waals surface area contributed by atoms with Crippen LogP contribution >= 0.6 is 23.4 Å². The minimum absolute atomic E-state index is 0.147. The van der Waals surface area contributed by atoms with Gasteiger partial charge in [-0.1, -0.05) is 35.5 Å². The number of H-pyrrole nitrogens is 1. The van der Waals surface area contributed by atoms with Gasteiger partial charge in [0.2, 0.25) is 5.91 Å². The Bertz CT molecular complexity index is 959. The Morgan fingerprint density at radius 3 is 2.88 bits per heavy atom. The number of nitro benzene ring substituents is 1. The van der Waals surface area contributed by atoms with E-state index in [-0.39, 0.29) is 17.3 Å². The highest BCUT2D eigenvalue weighted by molar-refractivity contribution is 8.00. The van der Waals surface area contributed by atoms with Crippen LogP contribution in [0.3, 0.4) is 0 Å². The molecule has 1 heterocycles. The molecule has 0 aliphatic heterocycles. The summed E-state index contributed by atoms with van der Waals surface area (Å²) in [4.78, 5) is 30.3. The Labute approximate surface area is 151 Å². The highest BCUT2D eigenvalue weighted by Gasteiger charge is 2.20. The number of amides is 1. The normalized spacial score (nSPS) is 12.1. The number of halogens is 1. The predicted molar refractivity (Wildman–Crippen MR) is 98.1 cm³/mol. The van der Waals surface area contributed by atoms with E-state index in [0.29, 0.717) is 10.2 Å². The quantitative estimate of drug-likeness (QED) is 0.394. The van der Waals surface area contributed by atoms with Gasteiger partial charge in [0.1, 0.15) is 5.69 Å². The van der Waals surface area contributed by atoms with Crippen LogP contribution in [-0.2, 0) is 4.79 Å². The van der Waals surface area contributed by atoms with Crippen molar-refractivity contribution < 1.29 is 9.72 Å². The number of fused-ring (bicyclic) bond motifs is 1. The molecule has 9 heteroatoms. The molecular formula is C16H13ClN4O3S. The van der Waals surface area contributed by atoms with Crippen LogP contribution in [0.5, 0.6) is 0 Å². The Balaban J connectivity index is 1.73. The zero-order chi connectivity index (χ0) is 18.0. The highest BCUT2D eigenvalue weighted by atomic mass is 35.5. The van der Waals surface area contributed by atoms with E-state index in [1.165, 1.54) is 23.9 Å². The predicted octanol–water partition coefficient (Wildman–Crippen LogP) is 4.24. The van der Waals surface area contributed by atoms with Crippen LogP contribution in [0.4, 0.5) is 11.4 Å². The summed E-state index contributed by atoms with van der Waals surface area (Å²) >= 11 is 7.17. The molecule has 0 saturated heterocycles. The van der Waals surface area contributed by atoms with Crippen LogP contribution in [-0.4, -0.2) is 26.0 Å². The first-order chi connectivity index (χ1) is 11.9. The summed E-state index contributed by atoms with van der Waals surface area (Å²) in [5, 5.41) is 14.3. The van der Waals surface area contributed by atoms with Crippen LogP contribution in [0.1, 0.15) is 6.92 Å². The van der Waals surface area contributed by atoms with Crippen molar-refractivity contribution in [1.29, 1.82) is 0 Å². The number of aromatic amines is 1. The van der Waals surface area contributed by atoms with Gasteiger partial charge in [-0.15, -0.1) is 0 Å². The molecule has 3 rings (SSSR count). The van der Waals surface area contributed by atoms with Gasteiger partial charge in [-0.05, 0) is 31.2 Å². The van der Waals surface area contributed by atoms with Gasteiger partial charge in [0.25, 0.3) is 5.69 Å². The van der Waals surface area contributed by atoms with E-state index in [1.54, 1.807) is 37.3 Å². The third-order valence-electron chi connectivity index (χ3n) is 3.44. The van der Waals surface area contributed by atoms with Gasteiger partial charge in [0.05, 0.1) is 21.2 Å². The van der Waals surface area contributed by atoms with Gasteiger partial charge in [-0.25, -0.2) is 4.98 Å². The molecule has 1 aromatic heterocycles. The number of rotatable bonds is 5. The molecule has 0 spiro atoms. The minimum atomic E-state index is -0.531. The van der Waals surface area contributed by atoms with Crippen LogP contribution in [0.25, 0.3) is 11.0 Å². The fourth-order valence-electron chi connectivity index (χ4n) is 2.21. The number of nitrogens with one attached hydrogen (secondary N) is 2. The molecule has 25 heavy (non-hydrogen) atoms. The van der Waals surface area contributed by atoms with Crippen LogP contribution < -0.4 is 5.32 Å². The number of nitro groups is 1. The molecule has 0 aliphatic carbocycles. The number of carbonyl (C=O) groups excluding carboxylic acids is 1. The van der Waals surface area contributed by atoms with Gasteiger partial charge in [-0.3, -0.25) is 14.9 Å². The number of hydrogen-bond acceptors (Lipinski definition) is 5. The van der Waals surface area contributed by atoms with Crippen molar-refractivity contribution in [2.24, 2.45) is 0 Å². The first-order valence-corrected chi connectivity index (χ1v) is 8.56. The van der Waals surface area contributed by atoms with E-state index < -0.39 is 10.2 Å². The van der Waals surface area contributed by atoms with Crippen molar-refractivity contribution in [3.05, 3.63) is 57.6 Å². The highest BCUT2D eigenvalue weighted by Crippen LogP contribution is 2.27. The molecule has 0 bridgehead atoms. The van der Waals surface area contributed by atoms with E-state index in [9.17, 15) is 14.9 Å². The summed E-state index contributed by atoms with van der Waals surface area (Å²) in [6.07, 6.45) is 0. The molecule has 3 aromatic rings. The van der Waals surface area contributed by atoms with E-state index in [4.69, 9.17) is 11.6 Å². The van der Waals surface area contributed by atoms with Crippen molar-refractivity contribution in [2.75, 3.05) is 5.32 Å². The van der Waals surface area contributed by atoms with Crippen molar-refractivity contribution in [3.63, 3.8) is 0 Å². The number of benzene rings is 2. The fourth-order valence-corrected chi connectivity index (χ4v) is 3.20. The summed E-state index contributed by atoms with van der Waals surface area (Å²) in [6.45, 7) is 1.70. The lowest BCUT2D eigenvalue weighted by Crippen LogP contribution is -2.23. The lowest BCUT2D eigenvalue weighted by molar-refractivity contribution is -0.383. The fraction of sp³-hybridized carbons (Fsp3) is 0.125. The maximum Gasteiger partial charge on any atom is 0.292 e. The summed E-state index contributed by atoms with van der Waals surface area (Å²) in [5.41, 5.74) is 1.55. The maximum atomic E-state index is 12.3. The molecule has 0 aliphatic rings. The summed E-state index contributed by atoms with van der Waals surface area (Å²) in [7, 11) is 0. The van der Waals surface area contributed by atoms with Crippen LogP contribution in [0, 0.1) is 10.1 Å². The first kappa shape index (κ1) is 17.2. The third-order valence-corrected chi connectivity index (χ3v) is 4.66. The number of para-hydroxylation sites is 2. The number of hydrogen-bond donors (Lipinski definition) is 2. The molecule has 2 aromatic carbocycles. The van der Waals surface area contributed by atoms with Gasteiger partial charge >= 0.3 is 0 Å². The number of carbonyl (C=O) groups is 1. The monoisotopic (exact) mass is 376 g/mol. The lowest BCUT2D eigenvalue weighted by atomic mass is 10.2. The van der Waals surface area contributed by atoms with Gasteiger partial charge < -0.3 is 10.3 Å².